The van der Waals surface area contributed by atoms with Gasteiger partial charge in [-0.25, -0.2) is 0 Å². The Labute approximate surface area is 93.7 Å². The zero-order valence-electron chi connectivity index (χ0n) is 9.70. The van der Waals surface area contributed by atoms with Gasteiger partial charge in [-0.1, -0.05) is 10.4 Å². The van der Waals surface area contributed by atoms with Crippen molar-refractivity contribution >= 4 is 0 Å². The fourth-order valence-corrected chi connectivity index (χ4v) is 1.54. The van der Waals surface area contributed by atoms with Crippen LogP contribution >= 0.6 is 0 Å². The van der Waals surface area contributed by atoms with E-state index in [1.165, 1.54) is 0 Å². The number of nitrogens with zero attached hydrogens (tertiary/aromatic N) is 7. The Morgan fingerprint density at radius 2 is 1.44 bits per heavy atom. The fourth-order valence-electron chi connectivity index (χ4n) is 1.54. The number of hydrogen-bond donors (Lipinski definition) is 0. The van der Waals surface area contributed by atoms with Gasteiger partial charge in [0.2, 0.25) is 0 Å². The van der Waals surface area contributed by atoms with Gasteiger partial charge >= 0.3 is 0 Å². The standard InChI is InChI=1S/C9H15N7/c1-14(4-8-6-15(2)12-10-8)5-9-7-16(3)13-11-9/h6-7H,4-5H2,1-3H3. The highest BCUT2D eigenvalue weighted by atomic mass is 15.4. The van der Waals surface area contributed by atoms with Gasteiger partial charge in [-0.2, -0.15) is 0 Å². The average Bonchev–Trinajstić information content (AvgIpc) is 2.76. The fraction of sp³-hybridized carbons (Fsp3) is 0.556. The topological polar surface area (TPSA) is 64.7 Å². The molecule has 0 aliphatic carbocycles. The largest absolute Gasteiger partial charge is 0.294 e. The first kappa shape index (κ1) is 10.7. The monoisotopic (exact) mass is 221 g/mol. The Morgan fingerprint density at radius 3 is 1.75 bits per heavy atom. The van der Waals surface area contributed by atoms with Crippen LogP contribution in [0.2, 0.25) is 0 Å². The molecule has 0 aliphatic heterocycles. The Balaban J connectivity index is 1.91. The number of rotatable bonds is 4. The summed E-state index contributed by atoms with van der Waals surface area (Å²) in [5, 5.41) is 15.8. The summed E-state index contributed by atoms with van der Waals surface area (Å²) in [6.07, 6.45) is 3.82. The molecule has 0 saturated heterocycles. The Kier molecular flexibility index (Phi) is 2.95. The number of aromatic nitrogens is 6. The van der Waals surface area contributed by atoms with Gasteiger partial charge in [-0.05, 0) is 7.05 Å². The highest BCUT2D eigenvalue weighted by molar-refractivity contribution is 4.95. The van der Waals surface area contributed by atoms with Crippen LogP contribution in [0.5, 0.6) is 0 Å². The molecule has 0 atom stereocenters. The van der Waals surface area contributed by atoms with Crippen molar-refractivity contribution in [2.75, 3.05) is 7.05 Å². The van der Waals surface area contributed by atoms with Crippen LogP contribution in [-0.4, -0.2) is 41.9 Å². The molecule has 2 aromatic heterocycles. The van der Waals surface area contributed by atoms with Crippen molar-refractivity contribution in [3.8, 4) is 0 Å². The highest BCUT2D eigenvalue weighted by Gasteiger charge is 2.06. The van der Waals surface area contributed by atoms with E-state index in [0.717, 1.165) is 24.5 Å². The summed E-state index contributed by atoms with van der Waals surface area (Å²) in [5.41, 5.74) is 1.91. The van der Waals surface area contributed by atoms with E-state index in [2.05, 4.69) is 25.5 Å². The van der Waals surface area contributed by atoms with Crippen molar-refractivity contribution in [1.29, 1.82) is 0 Å². The van der Waals surface area contributed by atoms with Gasteiger partial charge in [-0.15, -0.1) is 10.2 Å². The lowest BCUT2D eigenvalue weighted by Crippen LogP contribution is -2.17. The SMILES string of the molecule is CN(Cc1cn(C)nn1)Cc1cn(C)nn1. The third kappa shape index (κ3) is 2.63. The molecule has 7 heteroatoms. The first-order valence-electron chi connectivity index (χ1n) is 5.02. The number of aryl methyl sites for hydroxylation is 2. The molecule has 2 aromatic rings. The van der Waals surface area contributed by atoms with Gasteiger partial charge in [-0.3, -0.25) is 14.3 Å². The van der Waals surface area contributed by atoms with Crippen LogP contribution in [0.1, 0.15) is 11.4 Å². The lowest BCUT2D eigenvalue weighted by Gasteiger charge is -2.12. The third-order valence-corrected chi connectivity index (χ3v) is 2.16. The van der Waals surface area contributed by atoms with Crippen LogP contribution in [0, 0.1) is 0 Å². The first-order valence-corrected chi connectivity index (χ1v) is 5.02. The molecule has 0 unspecified atom stereocenters. The molecule has 0 bridgehead atoms. The molecule has 0 aliphatic rings. The summed E-state index contributed by atoms with van der Waals surface area (Å²) in [6.45, 7) is 1.51. The minimum Gasteiger partial charge on any atom is -0.294 e. The van der Waals surface area contributed by atoms with Crippen LogP contribution in [0.3, 0.4) is 0 Å². The Bertz CT molecular complexity index is 416. The second-order valence-electron chi connectivity index (χ2n) is 3.94. The van der Waals surface area contributed by atoms with E-state index in [1.807, 2.05) is 33.5 Å². The van der Waals surface area contributed by atoms with E-state index in [4.69, 9.17) is 0 Å². The molecule has 0 saturated carbocycles. The maximum Gasteiger partial charge on any atom is 0.0967 e. The zero-order valence-corrected chi connectivity index (χ0v) is 9.70. The summed E-state index contributed by atoms with van der Waals surface area (Å²) >= 11 is 0. The molecule has 2 rings (SSSR count). The molecule has 16 heavy (non-hydrogen) atoms. The molecular weight excluding hydrogens is 206 g/mol. The summed E-state index contributed by atoms with van der Waals surface area (Å²) in [4.78, 5) is 2.12. The molecule has 2 heterocycles. The maximum atomic E-state index is 4.03. The van der Waals surface area contributed by atoms with Crippen molar-refractivity contribution in [2.24, 2.45) is 14.1 Å². The van der Waals surface area contributed by atoms with Gasteiger partial charge in [0.05, 0.1) is 11.4 Å². The van der Waals surface area contributed by atoms with E-state index in [1.54, 1.807) is 9.36 Å². The summed E-state index contributed by atoms with van der Waals surface area (Å²) in [7, 11) is 5.74. The van der Waals surface area contributed by atoms with Crippen molar-refractivity contribution < 1.29 is 0 Å². The lowest BCUT2D eigenvalue weighted by atomic mass is 10.4. The molecule has 0 amide bonds. The summed E-state index contributed by atoms with van der Waals surface area (Å²) in [6, 6.07) is 0. The van der Waals surface area contributed by atoms with Gasteiger partial charge < -0.3 is 0 Å². The van der Waals surface area contributed by atoms with E-state index in [9.17, 15) is 0 Å². The van der Waals surface area contributed by atoms with Crippen LogP contribution < -0.4 is 0 Å². The van der Waals surface area contributed by atoms with Crippen molar-refractivity contribution in [1.82, 2.24) is 34.9 Å². The molecular formula is C9H15N7. The second-order valence-corrected chi connectivity index (χ2v) is 3.94. The van der Waals surface area contributed by atoms with Crippen LogP contribution in [0.4, 0.5) is 0 Å². The molecule has 0 N–H and O–H groups in total. The first-order chi connectivity index (χ1) is 7.63. The Hall–Kier alpha value is -1.76. The molecule has 0 aromatic carbocycles. The third-order valence-electron chi connectivity index (χ3n) is 2.16. The Morgan fingerprint density at radius 1 is 1.00 bits per heavy atom. The molecule has 7 nitrogen and oxygen atoms in total. The van der Waals surface area contributed by atoms with Gasteiger partial charge in [0.25, 0.3) is 0 Å². The normalized spacial score (nSPS) is 11.2. The van der Waals surface area contributed by atoms with E-state index in [0.29, 0.717) is 0 Å². The van der Waals surface area contributed by atoms with E-state index in [-0.39, 0.29) is 0 Å². The van der Waals surface area contributed by atoms with Crippen molar-refractivity contribution in [3.05, 3.63) is 23.8 Å². The van der Waals surface area contributed by atoms with Crippen molar-refractivity contribution in [3.63, 3.8) is 0 Å². The van der Waals surface area contributed by atoms with Crippen LogP contribution in [0.15, 0.2) is 12.4 Å². The summed E-state index contributed by atoms with van der Waals surface area (Å²) < 4.78 is 3.40. The van der Waals surface area contributed by atoms with E-state index < -0.39 is 0 Å². The second kappa shape index (κ2) is 4.40. The molecule has 0 fully saturated rings. The smallest absolute Gasteiger partial charge is 0.0967 e. The average molecular weight is 221 g/mol. The summed E-state index contributed by atoms with van der Waals surface area (Å²) in [5.74, 6) is 0. The zero-order chi connectivity index (χ0) is 11.5. The lowest BCUT2D eigenvalue weighted by molar-refractivity contribution is 0.311. The van der Waals surface area contributed by atoms with Gasteiger partial charge in [0.1, 0.15) is 0 Å². The van der Waals surface area contributed by atoms with Crippen molar-refractivity contribution in [2.45, 2.75) is 13.1 Å². The number of hydrogen-bond acceptors (Lipinski definition) is 5. The maximum absolute atomic E-state index is 4.03. The highest BCUT2D eigenvalue weighted by Crippen LogP contribution is 2.02. The van der Waals surface area contributed by atoms with E-state index >= 15 is 0 Å². The van der Waals surface area contributed by atoms with Gasteiger partial charge in [0, 0.05) is 39.6 Å². The van der Waals surface area contributed by atoms with Crippen LogP contribution in [0.25, 0.3) is 0 Å². The molecule has 0 spiro atoms. The predicted octanol–water partition coefficient (Wildman–Crippen LogP) is -0.424. The minimum absolute atomic E-state index is 0.754. The molecule has 0 radical (unpaired) electrons. The quantitative estimate of drug-likeness (QED) is 0.701. The predicted molar refractivity (Wildman–Crippen MR) is 57.2 cm³/mol. The van der Waals surface area contributed by atoms with Gasteiger partial charge in [0.15, 0.2) is 0 Å². The van der Waals surface area contributed by atoms with Crippen LogP contribution in [-0.2, 0) is 27.2 Å². The molecule has 86 valence electrons. The minimum atomic E-state index is 0.754.